The van der Waals surface area contributed by atoms with Crippen LogP contribution in [0.4, 0.5) is 0 Å². The van der Waals surface area contributed by atoms with Crippen molar-refractivity contribution in [3.05, 3.63) is 0 Å². The highest BCUT2D eigenvalue weighted by molar-refractivity contribution is 7.47. The average Bonchev–Trinajstić information content (AvgIpc) is 1.70. The maximum Gasteiger partial charge on any atom is 0.472 e. The van der Waals surface area contributed by atoms with E-state index in [0.29, 0.717) is 25.7 Å². The molecule has 0 aliphatic rings. The first-order valence-electron chi connectivity index (χ1n) is 40.6. The Balaban J connectivity index is 5.26. The third-order valence-electron chi connectivity index (χ3n) is 18.3. The van der Waals surface area contributed by atoms with E-state index < -0.39 is 97.5 Å². The molecule has 0 spiro atoms. The summed E-state index contributed by atoms with van der Waals surface area (Å²) >= 11 is 0. The summed E-state index contributed by atoms with van der Waals surface area (Å²) in [5.74, 6) is -1.36. The van der Waals surface area contributed by atoms with E-state index in [4.69, 9.17) is 37.0 Å². The molecule has 0 radical (unpaired) electrons. The van der Waals surface area contributed by atoms with Gasteiger partial charge in [-0.15, -0.1) is 0 Å². The molecule has 0 aromatic heterocycles. The number of rotatable bonds is 78. The van der Waals surface area contributed by atoms with Gasteiger partial charge in [-0.2, -0.15) is 0 Å². The van der Waals surface area contributed by atoms with Crippen LogP contribution in [0.25, 0.3) is 0 Å². The van der Waals surface area contributed by atoms with E-state index >= 15 is 0 Å². The molecule has 17 nitrogen and oxygen atoms in total. The zero-order chi connectivity index (χ0) is 71.2. The van der Waals surface area contributed by atoms with Gasteiger partial charge < -0.3 is 33.8 Å². The van der Waals surface area contributed by atoms with E-state index in [9.17, 15) is 43.2 Å². The number of ether oxygens (including phenoxy) is 4. The number of aliphatic hydroxyl groups excluding tert-OH is 1. The third kappa shape index (κ3) is 72.2. The quantitative estimate of drug-likeness (QED) is 0.0222. The first kappa shape index (κ1) is 95.1. The van der Waals surface area contributed by atoms with Gasteiger partial charge in [0.05, 0.1) is 26.4 Å². The van der Waals surface area contributed by atoms with Crippen molar-refractivity contribution in [2.24, 2.45) is 5.92 Å². The number of hydrogen-bond donors (Lipinski definition) is 3. The normalized spacial score (nSPS) is 13.9. The summed E-state index contributed by atoms with van der Waals surface area (Å²) in [5, 5.41) is 10.6. The highest BCUT2D eigenvalue weighted by Crippen LogP contribution is 2.45. The van der Waals surface area contributed by atoms with Crippen molar-refractivity contribution in [2.45, 2.75) is 432 Å². The van der Waals surface area contributed by atoms with E-state index in [0.717, 1.165) is 95.8 Å². The predicted octanol–water partition coefficient (Wildman–Crippen LogP) is 23.3. The molecule has 2 unspecified atom stereocenters. The fourth-order valence-corrected chi connectivity index (χ4v) is 13.6. The summed E-state index contributed by atoms with van der Waals surface area (Å²) in [6.45, 7) is 7.31. The lowest BCUT2D eigenvalue weighted by molar-refractivity contribution is -0.161. The molecule has 0 saturated carbocycles. The number of carbonyl (C=O) groups excluding carboxylic acids is 4. The molecular formula is C78H152O17P2. The van der Waals surface area contributed by atoms with Gasteiger partial charge in [0.15, 0.2) is 12.2 Å². The lowest BCUT2D eigenvalue weighted by Crippen LogP contribution is -2.30. The Labute approximate surface area is 594 Å². The van der Waals surface area contributed by atoms with Gasteiger partial charge in [-0.1, -0.05) is 362 Å². The van der Waals surface area contributed by atoms with Crippen LogP contribution in [0.3, 0.4) is 0 Å². The first-order valence-corrected chi connectivity index (χ1v) is 43.6. The Morgan fingerprint density at radius 2 is 0.474 bits per heavy atom. The number of phosphoric ester groups is 2. The van der Waals surface area contributed by atoms with Crippen LogP contribution in [0.1, 0.15) is 413 Å². The molecule has 0 saturated heterocycles. The average molecular weight is 1420 g/mol. The fourth-order valence-electron chi connectivity index (χ4n) is 12.1. The summed E-state index contributed by atoms with van der Waals surface area (Å²) in [4.78, 5) is 72.9. The maximum absolute atomic E-state index is 13.1. The Hall–Kier alpha value is -1.94. The topological polar surface area (TPSA) is 237 Å². The van der Waals surface area contributed by atoms with Gasteiger partial charge in [-0.3, -0.25) is 37.3 Å². The van der Waals surface area contributed by atoms with E-state index in [1.807, 2.05) is 0 Å². The second-order valence-corrected chi connectivity index (χ2v) is 31.5. The summed E-state index contributed by atoms with van der Waals surface area (Å²) in [6.07, 6.45) is 60.8. The number of unbranched alkanes of at least 4 members (excludes halogenated alkanes) is 50. The minimum Gasteiger partial charge on any atom is -0.462 e. The highest BCUT2D eigenvalue weighted by Gasteiger charge is 2.30. The van der Waals surface area contributed by atoms with E-state index in [2.05, 4.69) is 34.6 Å². The van der Waals surface area contributed by atoms with Gasteiger partial charge in [0, 0.05) is 25.7 Å². The minimum atomic E-state index is -4.96. The summed E-state index contributed by atoms with van der Waals surface area (Å²) in [6, 6.07) is 0. The van der Waals surface area contributed by atoms with Crippen molar-refractivity contribution in [1.82, 2.24) is 0 Å². The molecule has 0 amide bonds. The lowest BCUT2D eigenvalue weighted by Gasteiger charge is -2.21. The van der Waals surface area contributed by atoms with Gasteiger partial charge >= 0.3 is 39.5 Å². The number of phosphoric acid groups is 2. The summed E-state index contributed by atoms with van der Waals surface area (Å²) < 4.78 is 68.7. The highest BCUT2D eigenvalue weighted by atomic mass is 31.2. The smallest absolute Gasteiger partial charge is 0.462 e. The van der Waals surface area contributed by atoms with Crippen molar-refractivity contribution < 1.29 is 80.2 Å². The van der Waals surface area contributed by atoms with Crippen LogP contribution in [-0.2, 0) is 65.4 Å². The zero-order valence-corrected chi connectivity index (χ0v) is 65.0. The molecule has 97 heavy (non-hydrogen) atoms. The van der Waals surface area contributed by atoms with Gasteiger partial charge in [-0.25, -0.2) is 9.13 Å². The Morgan fingerprint density at radius 3 is 0.701 bits per heavy atom. The Kier molecular flexibility index (Phi) is 69.6. The molecule has 0 aliphatic heterocycles. The molecule has 576 valence electrons. The van der Waals surface area contributed by atoms with E-state index in [1.165, 1.54) is 238 Å². The first-order chi connectivity index (χ1) is 47.0. The molecule has 19 heteroatoms. The number of aliphatic hydroxyl groups is 1. The monoisotopic (exact) mass is 1420 g/mol. The predicted molar refractivity (Wildman–Crippen MR) is 395 cm³/mol. The summed E-state index contributed by atoms with van der Waals surface area (Å²) in [7, 11) is -9.91. The largest absolute Gasteiger partial charge is 0.472 e. The van der Waals surface area contributed by atoms with Crippen LogP contribution in [-0.4, -0.2) is 96.7 Å². The standard InChI is InChI=1S/C78H152O17P2/c1-6-9-12-15-18-21-24-27-30-33-36-41-46-51-56-61-75(80)88-67-73(94-77(82)63-58-53-48-42-37-34-31-28-25-22-19-16-13-10-7-2)69-92-96(84,85)90-65-72(79)66-91-97(86,87)93-70-74(68-89-76(81)62-57-52-47-44-39-40-45-50-55-60-71(4)5)95-78(83)64-59-54-49-43-38-35-32-29-26-23-20-17-14-11-8-3/h71-74,79H,6-70H2,1-5H3,(H,84,85)(H,86,87)/t72-,73-,74-/m1/s1. The molecule has 0 aliphatic carbocycles. The Bertz CT molecular complexity index is 1860. The minimum absolute atomic E-state index is 0.108. The lowest BCUT2D eigenvalue weighted by atomic mass is 10.0. The van der Waals surface area contributed by atoms with Gasteiger partial charge in [0.2, 0.25) is 0 Å². The van der Waals surface area contributed by atoms with Crippen LogP contribution in [0, 0.1) is 5.92 Å². The Morgan fingerprint density at radius 1 is 0.278 bits per heavy atom. The van der Waals surface area contributed by atoms with Crippen LogP contribution >= 0.6 is 15.6 Å². The van der Waals surface area contributed by atoms with Crippen LogP contribution in [0.15, 0.2) is 0 Å². The molecule has 5 atom stereocenters. The van der Waals surface area contributed by atoms with Gasteiger partial charge in [0.25, 0.3) is 0 Å². The van der Waals surface area contributed by atoms with Crippen molar-refractivity contribution in [2.75, 3.05) is 39.6 Å². The van der Waals surface area contributed by atoms with Crippen LogP contribution in [0.2, 0.25) is 0 Å². The SMILES string of the molecule is CCCCCCCCCCCCCCCCCC(=O)OC[C@H](COP(=O)(O)OC[C@@H](O)COP(=O)(O)OC[C@@H](COC(=O)CCCCCCCCCCCC(C)C)OC(=O)CCCCCCCCCCCCCCCCC)OC(=O)CCCCCCCCCCCCCCCCC. The van der Waals surface area contributed by atoms with Crippen LogP contribution in [0.5, 0.6) is 0 Å². The van der Waals surface area contributed by atoms with E-state index in [-0.39, 0.29) is 25.7 Å². The van der Waals surface area contributed by atoms with Crippen molar-refractivity contribution >= 4 is 39.5 Å². The summed E-state index contributed by atoms with van der Waals surface area (Å²) in [5.41, 5.74) is 0. The van der Waals surface area contributed by atoms with E-state index in [1.54, 1.807) is 0 Å². The molecule has 0 heterocycles. The van der Waals surface area contributed by atoms with Crippen LogP contribution < -0.4 is 0 Å². The molecule has 0 rings (SSSR count). The molecular weight excluding hydrogens is 1270 g/mol. The molecule has 0 aromatic carbocycles. The molecule has 0 aromatic rings. The van der Waals surface area contributed by atoms with Crippen molar-refractivity contribution in [1.29, 1.82) is 0 Å². The fraction of sp³-hybridized carbons (Fsp3) is 0.949. The second-order valence-electron chi connectivity index (χ2n) is 28.6. The number of esters is 4. The van der Waals surface area contributed by atoms with Crippen molar-refractivity contribution in [3.63, 3.8) is 0 Å². The third-order valence-corrected chi connectivity index (χ3v) is 20.2. The number of carbonyl (C=O) groups is 4. The van der Waals surface area contributed by atoms with Crippen molar-refractivity contribution in [3.8, 4) is 0 Å². The maximum atomic E-state index is 13.1. The van der Waals surface area contributed by atoms with Gasteiger partial charge in [0.1, 0.15) is 19.3 Å². The van der Waals surface area contributed by atoms with Gasteiger partial charge in [-0.05, 0) is 31.6 Å². The number of hydrogen-bond acceptors (Lipinski definition) is 15. The second kappa shape index (κ2) is 71.1. The zero-order valence-electron chi connectivity index (χ0n) is 63.2. The molecule has 0 fully saturated rings. The molecule has 0 bridgehead atoms. The molecule has 3 N–H and O–H groups in total.